The van der Waals surface area contributed by atoms with Crippen LogP contribution < -0.4 is 4.90 Å². The summed E-state index contributed by atoms with van der Waals surface area (Å²) in [6, 6.07) is 0.624. The molecular weight excluding hydrogens is 280 g/mol. The summed E-state index contributed by atoms with van der Waals surface area (Å²) >= 11 is 0. The normalized spacial score (nSPS) is 24.1. The first-order valence-electron chi connectivity index (χ1n) is 8.08. The minimum absolute atomic E-state index is 0.0157. The molecule has 1 atom stereocenters. The van der Waals surface area contributed by atoms with Gasteiger partial charge in [-0.1, -0.05) is 0 Å². The van der Waals surface area contributed by atoms with Gasteiger partial charge in [0.05, 0.1) is 24.1 Å². The van der Waals surface area contributed by atoms with Gasteiger partial charge in [0.1, 0.15) is 6.61 Å². The molecule has 2 aliphatic heterocycles. The van der Waals surface area contributed by atoms with E-state index in [9.17, 15) is 4.79 Å². The molecule has 3 heterocycles. The van der Waals surface area contributed by atoms with Crippen molar-refractivity contribution in [2.24, 2.45) is 0 Å². The molecule has 2 fully saturated rings. The highest BCUT2D eigenvalue weighted by atomic mass is 16.6. The van der Waals surface area contributed by atoms with Crippen LogP contribution >= 0.6 is 0 Å². The van der Waals surface area contributed by atoms with Crippen LogP contribution in [0.15, 0.2) is 12.4 Å². The lowest BCUT2D eigenvalue weighted by atomic mass is 9.93. The van der Waals surface area contributed by atoms with Crippen LogP contribution in [0.4, 0.5) is 10.6 Å². The average Bonchev–Trinajstić information content (AvgIpc) is 2.86. The molecule has 1 aromatic heterocycles. The third-order valence-electron chi connectivity index (χ3n) is 4.67. The number of piperidine rings is 1. The number of hydrogen-bond acceptors (Lipinski definition) is 5. The standard InChI is InChI=1S/C16H24N4O2/c1-11(2)19-6-4-13(5-7-19)14-8-18-15(9-17-14)20-12(3)10-22-16(20)21/h8-9,11-13H,4-7,10H2,1-3H3/t12-/m1/s1. The van der Waals surface area contributed by atoms with Gasteiger partial charge in [0.2, 0.25) is 0 Å². The van der Waals surface area contributed by atoms with E-state index in [0.29, 0.717) is 24.4 Å². The zero-order chi connectivity index (χ0) is 15.7. The molecule has 1 aromatic rings. The first kappa shape index (κ1) is 15.2. The molecule has 0 spiro atoms. The van der Waals surface area contributed by atoms with Crippen molar-refractivity contribution >= 4 is 11.9 Å². The van der Waals surface area contributed by atoms with Crippen LogP contribution in [0.25, 0.3) is 0 Å². The van der Waals surface area contributed by atoms with Gasteiger partial charge in [-0.25, -0.2) is 9.78 Å². The van der Waals surface area contributed by atoms with E-state index in [1.54, 1.807) is 11.1 Å². The monoisotopic (exact) mass is 304 g/mol. The van der Waals surface area contributed by atoms with Gasteiger partial charge in [-0.15, -0.1) is 0 Å². The van der Waals surface area contributed by atoms with Crippen molar-refractivity contribution in [1.82, 2.24) is 14.9 Å². The van der Waals surface area contributed by atoms with Gasteiger partial charge in [0, 0.05) is 12.0 Å². The Kier molecular flexibility index (Phi) is 4.29. The Bertz CT molecular complexity index is 523. The van der Waals surface area contributed by atoms with Gasteiger partial charge in [-0.05, 0) is 46.7 Å². The minimum Gasteiger partial charge on any atom is -0.447 e. The minimum atomic E-state index is -0.334. The van der Waals surface area contributed by atoms with Crippen molar-refractivity contribution in [3.05, 3.63) is 18.1 Å². The average molecular weight is 304 g/mol. The quantitative estimate of drug-likeness (QED) is 0.858. The first-order valence-corrected chi connectivity index (χ1v) is 8.08. The number of rotatable bonds is 3. The Morgan fingerprint density at radius 1 is 1.23 bits per heavy atom. The number of aromatic nitrogens is 2. The number of cyclic esters (lactones) is 1. The van der Waals surface area contributed by atoms with Gasteiger partial charge < -0.3 is 9.64 Å². The Hall–Kier alpha value is -1.69. The molecule has 22 heavy (non-hydrogen) atoms. The Morgan fingerprint density at radius 2 is 1.95 bits per heavy atom. The molecule has 6 nitrogen and oxygen atoms in total. The zero-order valence-electron chi connectivity index (χ0n) is 13.5. The molecule has 3 rings (SSSR count). The maximum absolute atomic E-state index is 11.7. The predicted octanol–water partition coefficient (Wildman–Crippen LogP) is 2.41. The predicted molar refractivity (Wildman–Crippen MR) is 84.0 cm³/mol. The van der Waals surface area contributed by atoms with Crippen molar-refractivity contribution in [2.75, 3.05) is 24.6 Å². The van der Waals surface area contributed by atoms with E-state index < -0.39 is 0 Å². The zero-order valence-corrected chi connectivity index (χ0v) is 13.5. The molecule has 0 aliphatic carbocycles. The van der Waals surface area contributed by atoms with Crippen molar-refractivity contribution in [3.8, 4) is 0 Å². The van der Waals surface area contributed by atoms with E-state index in [2.05, 4.69) is 28.7 Å². The third kappa shape index (κ3) is 2.92. The largest absolute Gasteiger partial charge is 0.447 e. The molecule has 0 bridgehead atoms. The molecule has 2 saturated heterocycles. The molecule has 0 aromatic carbocycles. The summed E-state index contributed by atoms with van der Waals surface area (Å²) in [5.41, 5.74) is 1.03. The van der Waals surface area contributed by atoms with Gasteiger partial charge >= 0.3 is 6.09 Å². The maximum atomic E-state index is 11.7. The third-order valence-corrected chi connectivity index (χ3v) is 4.67. The van der Waals surface area contributed by atoms with Crippen LogP contribution in [0.3, 0.4) is 0 Å². The van der Waals surface area contributed by atoms with Crippen molar-refractivity contribution in [3.63, 3.8) is 0 Å². The Balaban J connectivity index is 1.66. The number of amides is 1. The summed E-state index contributed by atoms with van der Waals surface area (Å²) in [7, 11) is 0. The maximum Gasteiger partial charge on any atom is 0.415 e. The van der Waals surface area contributed by atoms with Crippen LogP contribution in [0.2, 0.25) is 0 Å². The fourth-order valence-electron chi connectivity index (χ4n) is 3.21. The summed E-state index contributed by atoms with van der Waals surface area (Å²) in [6.45, 7) is 9.07. The summed E-state index contributed by atoms with van der Waals surface area (Å²) < 4.78 is 5.03. The highest BCUT2D eigenvalue weighted by Crippen LogP contribution is 2.28. The van der Waals surface area contributed by atoms with Crippen molar-refractivity contribution < 1.29 is 9.53 Å². The SMILES string of the molecule is CC(C)N1CCC(c2cnc(N3C(=O)OC[C@H]3C)cn2)CC1. The van der Waals surface area contributed by atoms with E-state index >= 15 is 0 Å². The number of nitrogens with zero attached hydrogens (tertiary/aromatic N) is 4. The second kappa shape index (κ2) is 6.20. The Labute approximate surface area is 131 Å². The lowest BCUT2D eigenvalue weighted by Crippen LogP contribution is -2.38. The van der Waals surface area contributed by atoms with E-state index in [-0.39, 0.29) is 12.1 Å². The number of likely N-dealkylation sites (tertiary alicyclic amines) is 1. The van der Waals surface area contributed by atoms with Gasteiger partial charge in [-0.3, -0.25) is 9.88 Å². The molecule has 120 valence electrons. The molecule has 1 amide bonds. The second-order valence-electron chi connectivity index (χ2n) is 6.50. The first-order chi connectivity index (χ1) is 10.6. The molecule has 6 heteroatoms. The van der Waals surface area contributed by atoms with Crippen LogP contribution in [-0.4, -0.2) is 52.7 Å². The summed E-state index contributed by atoms with van der Waals surface area (Å²) in [5.74, 6) is 1.05. The van der Waals surface area contributed by atoms with E-state index in [0.717, 1.165) is 31.6 Å². The summed E-state index contributed by atoms with van der Waals surface area (Å²) in [4.78, 5) is 24.8. The lowest BCUT2D eigenvalue weighted by molar-refractivity contribution is 0.170. The summed E-state index contributed by atoms with van der Waals surface area (Å²) in [5, 5.41) is 0. The van der Waals surface area contributed by atoms with Crippen molar-refractivity contribution in [1.29, 1.82) is 0 Å². The summed E-state index contributed by atoms with van der Waals surface area (Å²) in [6.07, 6.45) is 5.43. The van der Waals surface area contributed by atoms with Crippen LogP contribution in [0.1, 0.15) is 45.2 Å². The molecule has 2 aliphatic rings. The second-order valence-corrected chi connectivity index (χ2v) is 6.50. The smallest absolute Gasteiger partial charge is 0.415 e. The number of hydrogen-bond donors (Lipinski definition) is 0. The van der Waals surface area contributed by atoms with Crippen LogP contribution in [0.5, 0.6) is 0 Å². The van der Waals surface area contributed by atoms with Crippen LogP contribution in [0, 0.1) is 0 Å². The molecule has 0 radical (unpaired) electrons. The molecule has 0 unspecified atom stereocenters. The van der Waals surface area contributed by atoms with Crippen LogP contribution in [-0.2, 0) is 4.74 Å². The van der Waals surface area contributed by atoms with Gasteiger partial charge in [0.25, 0.3) is 0 Å². The molecule has 0 N–H and O–H groups in total. The number of ether oxygens (including phenoxy) is 1. The van der Waals surface area contributed by atoms with Gasteiger partial charge in [0.15, 0.2) is 5.82 Å². The molecular formula is C16H24N4O2. The van der Waals surface area contributed by atoms with Gasteiger partial charge in [-0.2, -0.15) is 0 Å². The van der Waals surface area contributed by atoms with E-state index in [1.807, 2.05) is 13.1 Å². The Morgan fingerprint density at radius 3 is 2.45 bits per heavy atom. The van der Waals surface area contributed by atoms with Crippen molar-refractivity contribution in [2.45, 2.75) is 51.6 Å². The highest BCUT2D eigenvalue weighted by Gasteiger charge is 2.32. The fraction of sp³-hybridized carbons (Fsp3) is 0.688. The molecule has 0 saturated carbocycles. The highest BCUT2D eigenvalue weighted by molar-refractivity contribution is 5.88. The topological polar surface area (TPSA) is 58.6 Å². The fourth-order valence-corrected chi connectivity index (χ4v) is 3.21. The lowest BCUT2D eigenvalue weighted by Gasteiger charge is -2.34. The number of anilines is 1. The van der Waals surface area contributed by atoms with E-state index in [1.165, 1.54) is 0 Å². The number of carbonyl (C=O) groups is 1. The van der Waals surface area contributed by atoms with E-state index in [4.69, 9.17) is 4.74 Å². The number of carbonyl (C=O) groups excluding carboxylic acids is 1.